The van der Waals surface area contributed by atoms with Crippen molar-refractivity contribution >= 4 is 5.69 Å². The first-order valence-corrected chi connectivity index (χ1v) is 6.81. The van der Waals surface area contributed by atoms with E-state index in [9.17, 15) is 4.79 Å². The standard InChI is InChI=1S/C15H20N4O2/c1-18(7-6-16)14-8-15(21)19(17-9-14)10-12-2-4-13(11-20)5-3-12/h2-5,8-9,20H,6-7,10-11,16H2,1H3. The van der Waals surface area contributed by atoms with Gasteiger partial charge in [0.1, 0.15) is 0 Å². The molecule has 0 radical (unpaired) electrons. The number of anilines is 1. The summed E-state index contributed by atoms with van der Waals surface area (Å²) in [5.74, 6) is 0. The number of nitrogens with two attached hydrogens (primary N) is 1. The van der Waals surface area contributed by atoms with Crippen LogP contribution in [0.4, 0.5) is 5.69 Å². The van der Waals surface area contributed by atoms with Crippen LogP contribution < -0.4 is 16.2 Å². The maximum absolute atomic E-state index is 12.1. The summed E-state index contributed by atoms with van der Waals surface area (Å²) in [6.45, 7) is 1.62. The van der Waals surface area contributed by atoms with Crippen LogP contribution in [-0.4, -0.2) is 35.0 Å². The molecule has 1 aromatic carbocycles. The van der Waals surface area contributed by atoms with Gasteiger partial charge in [-0.1, -0.05) is 24.3 Å². The smallest absolute Gasteiger partial charge is 0.269 e. The molecule has 0 aliphatic rings. The van der Waals surface area contributed by atoms with E-state index in [1.165, 1.54) is 4.68 Å². The van der Waals surface area contributed by atoms with Gasteiger partial charge >= 0.3 is 0 Å². The molecule has 0 spiro atoms. The maximum Gasteiger partial charge on any atom is 0.269 e. The van der Waals surface area contributed by atoms with E-state index in [4.69, 9.17) is 10.8 Å². The highest BCUT2D eigenvalue weighted by Gasteiger charge is 2.05. The van der Waals surface area contributed by atoms with Gasteiger partial charge in [0.15, 0.2) is 0 Å². The Kier molecular flexibility index (Phi) is 5.08. The van der Waals surface area contributed by atoms with Crippen molar-refractivity contribution in [1.82, 2.24) is 9.78 Å². The van der Waals surface area contributed by atoms with Crippen LogP contribution in [0.25, 0.3) is 0 Å². The Labute approximate surface area is 123 Å². The number of likely N-dealkylation sites (N-methyl/N-ethyl adjacent to an activating group) is 1. The van der Waals surface area contributed by atoms with Gasteiger partial charge < -0.3 is 15.7 Å². The lowest BCUT2D eigenvalue weighted by molar-refractivity contribution is 0.282. The van der Waals surface area contributed by atoms with Crippen LogP contribution in [0.3, 0.4) is 0 Å². The van der Waals surface area contributed by atoms with Crippen molar-refractivity contribution in [3.8, 4) is 0 Å². The van der Waals surface area contributed by atoms with Crippen LogP contribution in [0.2, 0.25) is 0 Å². The summed E-state index contributed by atoms with van der Waals surface area (Å²) in [6.07, 6.45) is 1.67. The van der Waals surface area contributed by atoms with Gasteiger partial charge in [-0.3, -0.25) is 4.79 Å². The number of hydrogen-bond acceptors (Lipinski definition) is 5. The Bertz CT molecular complexity index is 637. The van der Waals surface area contributed by atoms with Gasteiger partial charge in [0.2, 0.25) is 0 Å². The van der Waals surface area contributed by atoms with Gasteiger partial charge in [0.25, 0.3) is 5.56 Å². The third-order valence-electron chi connectivity index (χ3n) is 3.30. The van der Waals surface area contributed by atoms with E-state index in [1.54, 1.807) is 12.3 Å². The Morgan fingerprint density at radius 3 is 2.52 bits per heavy atom. The molecule has 6 nitrogen and oxygen atoms in total. The summed E-state index contributed by atoms with van der Waals surface area (Å²) in [5.41, 5.74) is 7.92. The lowest BCUT2D eigenvalue weighted by Gasteiger charge is -2.17. The fourth-order valence-electron chi connectivity index (χ4n) is 2.00. The molecule has 0 saturated carbocycles. The van der Waals surface area contributed by atoms with E-state index in [0.29, 0.717) is 19.6 Å². The van der Waals surface area contributed by atoms with Crippen molar-refractivity contribution in [2.75, 3.05) is 25.0 Å². The normalized spacial score (nSPS) is 10.6. The minimum absolute atomic E-state index is 0.0145. The van der Waals surface area contributed by atoms with Crippen LogP contribution in [0.1, 0.15) is 11.1 Å². The third kappa shape index (κ3) is 3.90. The Morgan fingerprint density at radius 1 is 1.29 bits per heavy atom. The lowest BCUT2D eigenvalue weighted by atomic mass is 10.1. The summed E-state index contributed by atoms with van der Waals surface area (Å²) in [5, 5.41) is 13.2. The zero-order chi connectivity index (χ0) is 15.2. The summed E-state index contributed by atoms with van der Waals surface area (Å²) >= 11 is 0. The molecule has 2 rings (SSSR count). The third-order valence-corrected chi connectivity index (χ3v) is 3.30. The minimum atomic E-state index is -0.150. The quantitative estimate of drug-likeness (QED) is 0.792. The number of aliphatic hydroxyl groups excluding tert-OH is 1. The summed E-state index contributed by atoms with van der Waals surface area (Å²) in [6, 6.07) is 9.00. The number of nitrogens with zero attached hydrogens (tertiary/aromatic N) is 3. The number of aromatic nitrogens is 2. The highest BCUT2D eigenvalue weighted by Crippen LogP contribution is 2.08. The summed E-state index contributed by atoms with van der Waals surface area (Å²) < 4.78 is 1.41. The maximum atomic E-state index is 12.1. The first-order chi connectivity index (χ1) is 10.1. The summed E-state index contributed by atoms with van der Waals surface area (Å²) in [4.78, 5) is 14.0. The fraction of sp³-hybridized carbons (Fsp3) is 0.333. The second-order valence-corrected chi connectivity index (χ2v) is 4.89. The zero-order valence-corrected chi connectivity index (χ0v) is 12.1. The Balaban J connectivity index is 2.15. The van der Waals surface area contributed by atoms with Crippen molar-refractivity contribution < 1.29 is 5.11 Å². The van der Waals surface area contributed by atoms with E-state index in [0.717, 1.165) is 16.8 Å². The molecule has 0 amide bonds. The van der Waals surface area contributed by atoms with Gasteiger partial charge in [-0.15, -0.1) is 0 Å². The minimum Gasteiger partial charge on any atom is -0.392 e. The van der Waals surface area contributed by atoms with Crippen molar-refractivity contribution in [3.63, 3.8) is 0 Å². The molecule has 1 heterocycles. The van der Waals surface area contributed by atoms with Crippen LogP contribution >= 0.6 is 0 Å². The largest absolute Gasteiger partial charge is 0.392 e. The van der Waals surface area contributed by atoms with Crippen molar-refractivity contribution in [3.05, 3.63) is 58.0 Å². The topological polar surface area (TPSA) is 84.4 Å². The molecule has 0 aliphatic carbocycles. The van der Waals surface area contributed by atoms with Crippen molar-refractivity contribution in [2.45, 2.75) is 13.2 Å². The monoisotopic (exact) mass is 288 g/mol. The second-order valence-electron chi connectivity index (χ2n) is 4.89. The van der Waals surface area contributed by atoms with Crippen LogP contribution in [-0.2, 0) is 13.2 Å². The van der Waals surface area contributed by atoms with Gasteiger partial charge in [0.05, 0.1) is 25.0 Å². The van der Waals surface area contributed by atoms with Crippen LogP contribution in [0.15, 0.2) is 41.3 Å². The molecule has 0 aliphatic heterocycles. The molecule has 2 aromatic rings. The Morgan fingerprint density at radius 2 is 1.95 bits per heavy atom. The van der Waals surface area contributed by atoms with Crippen molar-refractivity contribution in [2.24, 2.45) is 5.73 Å². The van der Waals surface area contributed by atoms with Gasteiger partial charge in [-0.25, -0.2) is 4.68 Å². The lowest BCUT2D eigenvalue weighted by Crippen LogP contribution is -2.29. The molecule has 21 heavy (non-hydrogen) atoms. The van der Waals surface area contributed by atoms with E-state index >= 15 is 0 Å². The first kappa shape index (κ1) is 15.2. The molecule has 0 saturated heterocycles. The predicted octanol–water partition coefficient (Wildman–Crippen LogP) is 0.179. The molecular weight excluding hydrogens is 268 g/mol. The van der Waals surface area contributed by atoms with Gasteiger partial charge in [-0.2, -0.15) is 5.10 Å². The van der Waals surface area contributed by atoms with Gasteiger partial charge in [0, 0.05) is 26.2 Å². The molecule has 0 fully saturated rings. The number of benzene rings is 1. The van der Waals surface area contributed by atoms with E-state index in [-0.39, 0.29) is 12.2 Å². The summed E-state index contributed by atoms with van der Waals surface area (Å²) in [7, 11) is 1.88. The van der Waals surface area contributed by atoms with E-state index in [1.807, 2.05) is 36.2 Å². The molecule has 112 valence electrons. The Hall–Kier alpha value is -2.18. The average molecular weight is 288 g/mol. The molecule has 6 heteroatoms. The molecule has 0 unspecified atom stereocenters. The second kappa shape index (κ2) is 7.01. The molecule has 0 atom stereocenters. The zero-order valence-electron chi connectivity index (χ0n) is 12.1. The molecule has 0 bridgehead atoms. The number of rotatable bonds is 6. The van der Waals surface area contributed by atoms with E-state index < -0.39 is 0 Å². The predicted molar refractivity (Wildman–Crippen MR) is 82.3 cm³/mol. The van der Waals surface area contributed by atoms with Crippen LogP contribution in [0, 0.1) is 0 Å². The average Bonchev–Trinajstić information content (AvgIpc) is 2.50. The highest BCUT2D eigenvalue weighted by atomic mass is 16.3. The number of aliphatic hydroxyl groups is 1. The number of hydrogen-bond donors (Lipinski definition) is 2. The van der Waals surface area contributed by atoms with Gasteiger partial charge in [-0.05, 0) is 11.1 Å². The first-order valence-electron chi connectivity index (χ1n) is 6.81. The highest BCUT2D eigenvalue weighted by molar-refractivity contribution is 5.41. The molecule has 3 N–H and O–H groups in total. The fourth-order valence-corrected chi connectivity index (χ4v) is 2.00. The SMILES string of the molecule is CN(CCN)c1cnn(Cc2ccc(CO)cc2)c(=O)c1. The molecule has 1 aromatic heterocycles. The van der Waals surface area contributed by atoms with Crippen LogP contribution in [0.5, 0.6) is 0 Å². The van der Waals surface area contributed by atoms with Crippen molar-refractivity contribution in [1.29, 1.82) is 0 Å². The van der Waals surface area contributed by atoms with E-state index in [2.05, 4.69) is 5.10 Å². The molecular formula is C15H20N4O2.